The number of rotatable bonds is 7. The zero-order valence-electron chi connectivity index (χ0n) is 15.1. The lowest BCUT2D eigenvalue weighted by atomic mass is 9.95. The van der Waals surface area contributed by atoms with Crippen molar-refractivity contribution in [3.8, 4) is 0 Å². The van der Waals surface area contributed by atoms with Crippen LogP contribution in [0.2, 0.25) is 0 Å². The van der Waals surface area contributed by atoms with Gasteiger partial charge in [0, 0.05) is 19.2 Å². The number of carbonyl (C=O) groups is 1. The standard InChI is InChI=1S/C19H28N2O4S/c22-19(20-14-17-10-7-13-25-17)15-21(16-8-3-1-4-9-16)26(23,24)18-11-5-2-6-12-18/h2,5-6,11-12,16-17H,1,3-4,7-10,13-15H2,(H,20,22)/t17-/m1/s1. The van der Waals surface area contributed by atoms with Crippen molar-refractivity contribution in [3.05, 3.63) is 30.3 Å². The summed E-state index contributed by atoms with van der Waals surface area (Å²) in [5.74, 6) is -0.259. The van der Waals surface area contributed by atoms with Gasteiger partial charge < -0.3 is 10.1 Å². The summed E-state index contributed by atoms with van der Waals surface area (Å²) in [6.45, 7) is 1.05. The van der Waals surface area contributed by atoms with Gasteiger partial charge in [0.05, 0.1) is 17.5 Å². The molecule has 1 N–H and O–H groups in total. The Labute approximate surface area is 156 Å². The molecule has 1 heterocycles. The molecule has 6 nitrogen and oxygen atoms in total. The van der Waals surface area contributed by atoms with Crippen LogP contribution in [0.1, 0.15) is 44.9 Å². The second kappa shape index (κ2) is 8.97. The van der Waals surface area contributed by atoms with E-state index >= 15 is 0 Å². The van der Waals surface area contributed by atoms with E-state index in [4.69, 9.17) is 4.74 Å². The Morgan fingerprint density at radius 2 is 1.81 bits per heavy atom. The molecule has 1 aromatic carbocycles. The van der Waals surface area contributed by atoms with Crippen molar-refractivity contribution in [2.75, 3.05) is 19.7 Å². The number of benzene rings is 1. The van der Waals surface area contributed by atoms with E-state index in [9.17, 15) is 13.2 Å². The topological polar surface area (TPSA) is 75.7 Å². The second-order valence-electron chi connectivity index (χ2n) is 7.09. The molecule has 1 saturated carbocycles. The van der Waals surface area contributed by atoms with Crippen molar-refractivity contribution in [2.24, 2.45) is 0 Å². The Balaban J connectivity index is 1.71. The maximum atomic E-state index is 13.1. The van der Waals surface area contributed by atoms with Crippen LogP contribution in [0.4, 0.5) is 0 Å². The van der Waals surface area contributed by atoms with E-state index in [0.717, 1.165) is 51.6 Å². The van der Waals surface area contributed by atoms with Crippen molar-refractivity contribution in [2.45, 2.75) is 62.0 Å². The van der Waals surface area contributed by atoms with E-state index in [1.165, 1.54) is 4.31 Å². The summed E-state index contributed by atoms with van der Waals surface area (Å²) in [6.07, 6.45) is 6.75. The first kappa shape index (κ1) is 19.3. The van der Waals surface area contributed by atoms with Crippen LogP contribution in [0.25, 0.3) is 0 Å². The van der Waals surface area contributed by atoms with E-state index < -0.39 is 10.0 Å². The number of ether oxygens (including phenoxy) is 1. The van der Waals surface area contributed by atoms with Crippen LogP contribution in [-0.2, 0) is 19.6 Å². The maximum Gasteiger partial charge on any atom is 0.243 e. The number of hydrogen-bond donors (Lipinski definition) is 1. The van der Waals surface area contributed by atoms with E-state index in [1.54, 1.807) is 30.3 Å². The summed E-state index contributed by atoms with van der Waals surface area (Å²) in [4.78, 5) is 12.7. The molecule has 1 aliphatic carbocycles. The SMILES string of the molecule is O=C(CN(C1CCCCC1)S(=O)(=O)c1ccccc1)NC[C@H]1CCCO1. The highest BCUT2D eigenvalue weighted by atomic mass is 32.2. The van der Waals surface area contributed by atoms with Crippen molar-refractivity contribution in [3.63, 3.8) is 0 Å². The lowest BCUT2D eigenvalue weighted by Gasteiger charge is -2.33. The molecule has 26 heavy (non-hydrogen) atoms. The van der Waals surface area contributed by atoms with Crippen LogP contribution < -0.4 is 5.32 Å². The molecule has 7 heteroatoms. The van der Waals surface area contributed by atoms with Crippen LogP contribution in [0.5, 0.6) is 0 Å². The highest BCUT2D eigenvalue weighted by Gasteiger charge is 2.34. The van der Waals surface area contributed by atoms with Gasteiger partial charge in [-0.05, 0) is 37.8 Å². The van der Waals surface area contributed by atoms with Gasteiger partial charge in [0.15, 0.2) is 0 Å². The molecule has 1 saturated heterocycles. The van der Waals surface area contributed by atoms with Crippen molar-refractivity contribution >= 4 is 15.9 Å². The molecular formula is C19H28N2O4S. The number of nitrogens with one attached hydrogen (secondary N) is 1. The number of nitrogens with zero attached hydrogens (tertiary/aromatic N) is 1. The van der Waals surface area contributed by atoms with Gasteiger partial charge in [-0.25, -0.2) is 8.42 Å². The number of amides is 1. The molecule has 0 radical (unpaired) electrons. The van der Waals surface area contributed by atoms with Crippen LogP contribution in [0.15, 0.2) is 35.2 Å². The van der Waals surface area contributed by atoms with E-state index in [-0.39, 0.29) is 29.5 Å². The third-order valence-electron chi connectivity index (χ3n) is 5.18. The Bertz CT molecular complexity index is 681. The molecule has 1 atom stereocenters. The van der Waals surface area contributed by atoms with E-state index in [0.29, 0.717) is 6.54 Å². The molecule has 0 spiro atoms. The summed E-state index contributed by atoms with van der Waals surface area (Å²) in [7, 11) is -3.69. The van der Waals surface area contributed by atoms with Gasteiger partial charge in [-0.3, -0.25) is 4.79 Å². The first-order valence-electron chi connectivity index (χ1n) is 9.52. The summed E-state index contributed by atoms with van der Waals surface area (Å²) in [5.41, 5.74) is 0. The van der Waals surface area contributed by atoms with Crippen LogP contribution >= 0.6 is 0 Å². The van der Waals surface area contributed by atoms with Crippen molar-refractivity contribution < 1.29 is 17.9 Å². The minimum Gasteiger partial charge on any atom is -0.376 e. The molecule has 2 aliphatic rings. The fourth-order valence-electron chi connectivity index (χ4n) is 3.74. The highest BCUT2D eigenvalue weighted by molar-refractivity contribution is 7.89. The Hall–Kier alpha value is -1.44. The largest absolute Gasteiger partial charge is 0.376 e. The molecule has 0 bridgehead atoms. The third kappa shape index (κ3) is 4.84. The predicted molar refractivity (Wildman–Crippen MR) is 99.2 cm³/mol. The maximum absolute atomic E-state index is 13.1. The first-order valence-corrected chi connectivity index (χ1v) is 11.0. The van der Waals surface area contributed by atoms with Crippen LogP contribution in [0, 0.1) is 0 Å². The zero-order chi connectivity index (χ0) is 18.4. The summed E-state index contributed by atoms with van der Waals surface area (Å²) >= 11 is 0. The summed E-state index contributed by atoms with van der Waals surface area (Å²) < 4.78 is 33.2. The Morgan fingerprint density at radius 3 is 2.46 bits per heavy atom. The summed E-state index contributed by atoms with van der Waals surface area (Å²) in [6, 6.07) is 8.29. The molecule has 144 valence electrons. The molecular weight excluding hydrogens is 352 g/mol. The van der Waals surface area contributed by atoms with Gasteiger partial charge >= 0.3 is 0 Å². The number of sulfonamides is 1. The van der Waals surface area contributed by atoms with Gasteiger partial charge in [0.25, 0.3) is 0 Å². The minimum atomic E-state index is -3.69. The quantitative estimate of drug-likeness (QED) is 0.788. The minimum absolute atomic E-state index is 0.0489. The van der Waals surface area contributed by atoms with E-state index in [1.807, 2.05) is 0 Å². The molecule has 1 aliphatic heterocycles. The normalized spacial score (nSPS) is 21.8. The average Bonchev–Trinajstić information content (AvgIpc) is 3.19. The molecule has 1 aromatic rings. The lowest BCUT2D eigenvalue weighted by Crippen LogP contribution is -2.47. The van der Waals surface area contributed by atoms with Gasteiger partial charge in [-0.15, -0.1) is 0 Å². The lowest BCUT2D eigenvalue weighted by molar-refractivity contribution is -0.122. The van der Waals surface area contributed by atoms with Gasteiger partial charge in [-0.2, -0.15) is 4.31 Å². The highest BCUT2D eigenvalue weighted by Crippen LogP contribution is 2.27. The van der Waals surface area contributed by atoms with Gasteiger partial charge in [0.2, 0.25) is 15.9 Å². The van der Waals surface area contributed by atoms with Crippen LogP contribution in [0.3, 0.4) is 0 Å². The summed E-state index contributed by atoms with van der Waals surface area (Å²) in [5, 5.41) is 2.85. The van der Waals surface area contributed by atoms with Gasteiger partial charge in [0.1, 0.15) is 0 Å². The van der Waals surface area contributed by atoms with Crippen LogP contribution in [-0.4, -0.2) is 50.5 Å². The average molecular weight is 381 g/mol. The first-order chi connectivity index (χ1) is 12.6. The Kier molecular flexibility index (Phi) is 6.67. The fourth-order valence-corrected chi connectivity index (χ4v) is 5.40. The predicted octanol–water partition coefficient (Wildman–Crippen LogP) is 2.31. The van der Waals surface area contributed by atoms with Crippen molar-refractivity contribution in [1.82, 2.24) is 9.62 Å². The monoisotopic (exact) mass is 380 g/mol. The van der Waals surface area contributed by atoms with Gasteiger partial charge in [-0.1, -0.05) is 37.5 Å². The number of hydrogen-bond acceptors (Lipinski definition) is 4. The fraction of sp³-hybridized carbons (Fsp3) is 0.632. The molecule has 2 fully saturated rings. The number of carbonyl (C=O) groups excluding carboxylic acids is 1. The van der Waals surface area contributed by atoms with E-state index in [2.05, 4.69) is 5.32 Å². The molecule has 3 rings (SSSR count). The zero-order valence-corrected chi connectivity index (χ0v) is 15.9. The second-order valence-corrected chi connectivity index (χ2v) is 8.98. The smallest absolute Gasteiger partial charge is 0.243 e. The molecule has 1 amide bonds. The Morgan fingerprint density at radius 1 is 1.08 bits per heavy atom. The third-order valence-corrected chi connectivity index (χ3v) is 7.09. The molecule has 0 unspecified atom stereocenters. The van der Waals surface area contributed by atoms with Crippen molar-refractivity contribution in [1.29, 1.82) is 0 Å². The molecule has 0 aromatic heterocycles.